The number of methoxy groups -OCH3 is 1. The van der Waals surface area contributed by atoms with E-state index in [1.165, 1.54) is 32.4 Å². The molecule has 0 bridgehead atoms. The molecular formula is C15H23N2O2+. The Morgan fingerprint density at radius 3 is 2.84 bits per heavy atom. The molecule has 2 rings (SSSR count). The number of hydrogen-bond donors (Lipinski definition) is 2. The zero-order valence-electron chi connectivity index (χ0n) is 11.6. The number of nitrogens with one attached hydrogen (secondary N) is 2. The number of quaternary nitrogens is 1. The standard InChI is InChI=1S/C15H22N2O2/c1-19-14-7-5-6-13(12-14)16-15(18)8-11-17-9-3-2-4-10-17/h5-7,12H,2-4,8-11H2,1H3,(H,16,18)/p+1. The molecule has 4 heteroatoms. The van der Waals surface area contributed by atoms with Crippen molar-refractivity contribution in [3.05, 3.63) is 24.3 Å². The number of rotatable bonds is 5. The maximum Gasteiger partial charge on any atom is 0.230 e. The molecule has 1 aromatic carbocycles. The molecule has 1 aliphatic heterocycles. The first kappa shape index (κ1) is 13.9. The van der Waals surface area contributed by atoms with Gasteiger partial charge in [-0.05, 0) is 31.4 Å². The van der Waals surface area contributed by atoms with Crippen molar-refractivity contribution in [2.75, 3.05) is 32.1 Å². The molecule has 1 amide bonds. The third kappa shape index (κ3) is 4.56. The molecular weight excluding hydrogens is 240 g/mol. The van der Waals surface area contributed by atoms with Gasteiger partial charge in [-0.1, -0.05) is 6.07 Å². The maximum atomic E-state index is 11.9. The molecule has 1 aromatic rings. The van der Waals surface area contributed by atoms with Gasteiger partial charge in [0, 0.05) is 11.8 Å². The van der Waals surface area contributed by atoms with Gasteiger partial charge in [0.15, 0.2) is 0 Å². The molecule has 19 heavy (non-hydrogen) atoms. The van der Waals surface area contributed by atoms with Crippen LogP contribution in [0.3, 0.4) is 0 Å². The summed E-state index contributed by atoms with van der Waals surface area (Å²) in [6, 6.07) is 7.47. The lowest BCUT2D eigenvalue weighted by atomic mass is 10.1. The van der Waals surface area contributed by atoms with Crippen LogP contribution >= 0.6 is 0 Å². The van der Waals surface area contributed by atoms with Crippen LogP contribution in [0.15, 0.2) is 24.3 Å². The van der Waals surface area contributed by atoms with Gasteiger partial charge < -0.3 is 15.0 Å². The smallest absolute Gasteiger partial charge is 0.230 e. The molecule has 1 fully saturated rings. The van der Waals surface area contributed by atoms with Crippen LogP contribution in [0.2, 0.25) is 0 Å². The average molecular weight is 263 g/mol. The second kappa shape index (κ2) is 7.14. The van der Waals surface area contributed by atoms with Crippen molar-refractivity contribution in [1.82, 2.24) is 0 Å². The molecule has 1 aliphatic rings. The van der Waals surface area contributed by atoms with Gasteiger partial charge in [-0.3, -0.25) is 4.79 Å². The minimum atomic E-state index is 0.0892. The molecule has 0 aliphatic carbocycles. The first-order chi connectivity index (χ1) is 9.28. The van der Waals surface area contributed by atoms with E-state index in [0.29, 0.717) is 6.42 Å². The van der Waals surface area contributed by atoms with Crippen LogP contribution in [0.25, 0.3) is 0 Å². The summed E-state index contributed by atoms with van der Waals surface area (Å²) in [6.45, 7) is 3.37. The van der Waals surface area contributed by atoms with E-state index < -0.39 is 0 Å². The van der Waals surface area contributed by atoms with E-state index in [1.807, 2.05) is 24.3 Å². The van der Waals surface area contributed by atoms with E-state index in [4.69, 9.17) is 4.74 Å². The highest BCUT2D eigenvalue weighted by atomic mass is 16.5. The van der Waals surface area contributed by atoms with Crippen molar-refractivity contribution in [2.24, 2.45) is 0 Å². The molecule has 104 valence electrons. The molecule has 0 aromatic heterocycles. The fourth-order valence-electron chi connectivity index (χ4n) is 2.52. The lowest BCUT2D eigenvalue weighted by Crippen LogP contribution is -3.12. The summed E-state index contributed by atoms with van der Waals surface area (Å²) in [7, 11) is 1.63. The van der Waals surface area contributed by atoms with Crippen molar-refractivity contribution in [3.8, 4) is 5.75 Å². The molecule has 0 atom stereocenters. The van der Waals surface area contributed by atoms with Gasteiger partial charge in [0.25, 0.3) is 0 Å². The Bertz CT molecular complexity index is 414. The number of piperidine rings is 1. The predicted octanol–water partition coefficient (Wildman–Crippen LogP) is 1.09. The molecule has 0 unspecified atom stereocenters. The second-order valence-electron chi connectivity index (χ2n) is 5.09. The molecule has 1 saturated heterocycles. The minimum Gasteiger partial charge on any atom is -0.497 e. The van der Waals surface area contributed by atoms with Crippen LogP contribution < -0.4 is 15.0 Å². The van der Waals surface area contributed by atoms with Crippen LogP contribution in [0.4, 0.5) is 5.69 Å². The van der Waals surface area contributed by atoms with Gasteiger partial charge in [-0.15, -0.1) is 0 Å². The normalized spacial score (nSPS) is 16.1. The number of hydrogen-bond acceptors (Lipinski definition) is 2. The number of benzene rings is 1. The SMILES string of the molecule is COc1cccc(NC(=O)CC[NH+]2CCCCC2)c1. The summed E-state index contributed by atoms with van der Waals surface area (Å²) in [5.41, 5.74) is 0.804. The Morgan fingerprint density at radius 2 is 2.11 bits per heavy atom. The fraction of sp³-hybridized carbons (Fsp3) is 0.533. The number of anilines is 1. The first-order valence-electron chi connectivity index (χ1n) is 7.05. The van der Waals surface area contributed by atoms with Crippen molar-refractivity contribution in [1.29, 1.82) is 0 Å². The topological polar surface area (TPSA) is 42.8 Å². The van der Waals surface area contributed by atoms with Crippen molar-refractivity contribution in [3.63, 3.8) is 0 Å². The van der Waals surface area contributed by atoms with Crippen molar-refractivity contribution < 1.29 is 14.4 Å². The number of carbonyl (C=O) groups is 1. The van der Waals surface area contributed by atoms with Crippen LogP contribution in [0.5, 0.6) is 5.75 Å². The van der Waals surface area contributed by atoms with Crippen molar-refractivity contribution >= 4 is 11.6 Å². The Morgan fingerprint density at radius 1 is 1.32 bits per heavy atom. The van der Waals surface area contributed by atoms with E-state index in [-0.39, 0.29) is 5.91 Å². The maximum absolute atomic E-state index is 11.9. The monoisotopic (exact) mass is 263 g/mol. The average Bonchev–Trinajstić information content (AvgIpc) is 2.46. The second-order valence-corrected chi connectivity index (χ2v) is 5.09. The molecule has 0 spiro atoms. The summed E-state index contributed by atoms with van der Waals surface area (Å²) >= 11 is 0. The van der Waals surface area contributed by atoms with Crippen molar-refractivity contribution in [2.45, 2.75) is 25.7 Å². The van der Waals surface area contributed by atoms with Gasteiger partial charge in [-0.2, -0.15) is 0 Å². The highest BCUT2D eigenvalue weighted by molar-refractivity contribution is 5.90. The van der Waals surface area contributed by atoms with Gasteiger partial charge in [0.05, 0.1) is 33.2 Å². The van der Waals surface area contributed by atoms with Gasteiger partial charge in [0.1, 0.15) is 5.75 Å². The predicted molar refractivity (Wildman–Crippen MR) is 75.7 cm³/mol. The third-order valence-electron chi connectivity index (χ3n) is 3.62. The zero-order chi connectivity index (χ0) is 13.5. The Labute approximate surface area is 114 Å². The molecule has 0 radical (unpaired) electrons. The molecule has 0 saturated carbocycles. The number of carbonyl (C=O) groups excluding carboxylic acids is 1. The molecule has 2 N–H and O–H groups in total. The summed E-state index contributed by atoms with van der Waals surface area (Å²) in [5, 5.41) is 2.92. The number of amides is 1. The largest absolute Gasteiger partial charge is 0.497 e. The van der Waals surface area contributed by atoms with Crippen LogP contribution in [0.1, 0.15) is 25.7 Å². The Balaban J connectivity index is 1.76. The summed E-state index contributed by atoms with van der Waals surface area (Å²) in [5.74, 6) is 0.853. The number of ether oxygens (including phenoxy) is 1. The van der Waals surface area contributed by atoms with Crippen LogP contribution in [0, 0.1) is 0 Å². The highest BCUT2D eigenvalue weighted by Gasteiger charge is 2.14. The minimum absolute atomic E-state index is 0.0892. The third-order valence-corrected chi connectivity index (χ3v) is 3.62. The quantitative estimate of drug-likeness (QED) is 0.835. The van der Waals surface area contributed by atoms with E-state index in [9.17, 15) is 4.79 Å². The summed E-state index contributed by atoms with van der Waals surface area (Å²) in [4.78, 5) is 13.5. The lowest BCUT2D eigenvalue weighted by molar-refractivity contribution is -0.904. The van der Waals surface area contributed by atoms with Gasteiger partial charge >= 0.3 is 0 Å². The zero-order valence-corrected chi connectivity index (χ0v) is 11.6. The summed E-state index contributed by atoms with van der Waals surface area (Å²) in [6.07, 6.45) is 4.53. The molecule has 1 heterocycles. The van der Waals surface area contributed by atoms with Gasteiger partial charge in [0.2, 0.25) is 5.91 Å². The first-order valence-corrected chi connectivity index (χ1v) is 7.05. The van der Waals surface area contributed by atoms with Crippen LogP contribution in [-0.4, -0.2) is 32.7 Å². The van der Waals surface area contributed by atoms with E-state index >= 15 is 0 Å². The van der Waals surface area contributed by atoms with E-state index in [1.54, 1.807) is 12.0 Å². The van der Waals surface area contributed by atoms with Crippen LogP contribution in [-0.2, 0) is 4.79 Å². The highest BCUT2D eigenvalue weighted by Crippen LogP contribution is 2.16. The lowest BCUT2D eigenvalue weighted by Gasteiger charge is -2.23. The van der Waals surface area contributed by atoms with E-state index in [0.717, 1.165) is 18.0 Å². The fourth-order valence-corrected chi connectivity index (χ4v) is 2.52. The van der Waals surface area contributed by atoms with Gasteiger partial charge in [-0.25, -0.2) is 0 Å². The summed E-state index contributed by atoms with van der Waals surface area (Å²) < 4.78 is 5.14. The Kier molecular flexibility index (Phi) is 5.21. The Hall–Kier alpha value is -1.55. The van der Waals surface area contributed by atoms with E-state index in [2.05, 4.69) is 5.32 Å². The molecule has 4 nitrogen and oxygen atoms in total. The number of likely N-dealkylation sites (tertiary alicyclic amines) is 1.